The van der Waals surface area contributed by atoms with E-state index in [2.05, 4.69) is 42.8 Å². The van der Waals surface area contributed by atoms with Crippen molar-refractivity contribution in [3.63, 3.8) is 0 Å². The first kappa shape index (κ1) is 7.26. The SMILES string of the molecule is CCC[n+]1ccccc1C. The van der Waals surface area contributed by atoms with Gasteiger partial charge in [-0.2, -0.15) is 0 Å². The molecule has 0 atom stereocenters. The zero-order valence-electron chi connectivity index (χ0n) is 6.67. The molecule has 1 aromatic rings. The Balaban J connectivity index is 2.81. The molecule has 1 rings (SSSR count). The lowest BCUT2D eigenvalue weighted by atomic mass is 10.3. The summed E-state index contributed by atoms with van der Waals surface area (Å²) in [6, 6.07) is 6.28. The fraction of sp³-hybridized carbons (Fsp3) is 0.444. The Morgan fingerprint density at radius 3 is 2.80 bits per heavy atom. The molecular formula is C9H14N+. The van der Waals surface area contributed by atoms with Gasteiger partial charge in [0.05, 0.1) is 0 Å². The van der Waals surface area contributed by atoms with Gasteiger partial charge in [0.25, 0.3) is 0 Å². The lowest BCUT2D eigenvalue weighted by Crippen LogP contribution is -2.35. The van der Waals surface area contributed by atoms with Gasteiger partial charge in [-0.15, -0.1) is 0 Å². The molecule has 0 aliphatic carbocycles. The van der Waals surface area contributed by atoms with Crippen LogP contribution in [0.5, 0.6) is 0 Å². The number of hydrogen-bond donors (Lipinski definition) is 0. The molecule has 0 aliphatic rings. The van der Waals surface area contributed by atoms with Crippen LogP contribution in [0.2, 0.25) is 0 Å². The van der Waals surface area contributed by atoms with Gasteiger partial charge < -0.3 is 0 Å². The monoisotopic (exact) mass is 136 g/mol. The van der Waals surface area contributed by atoms with Gasteiger partial charge in [0, 0.05) is 25.5 Å². The molecule has 0 spiro atoms. The van der Waals surface area contributed by atoms with E-state index in [0.29, 0.717) is 0 Å². The highest BCUT2D eigenvalue weighted by molar-refractivity contribution is 4.93. The van der Waals surface area contributed by atoms with Crippen molar-refractivity contribution in [2.75, 3.05) is 0 Å². The zero-order valence-corrected chi connectivity index (χ0v) is 6.67. The summed E-state index contributed by atoms with van der Waals surface area (Å²) >= 11 is 0. The molecule has 0 fully saturated rings. The summed E-state index contributed by atoms with van der Waals surface area (Å²) in [6.07, 6.45) is 3.33. The summed E-state index contributed by atoms with van der Waals surface area (Å²) in [5.74, 6) is 0. The summed E-state index contributed by atoms with van der Waals surface area (Å²) in [5, 5.41) is 0. The molecule has 0 saturated carbocycles. The molecule has 0 aromatic carbocycles. The van der Waals surface area contributed by atoms with E-state index in [1.165, 1.54) is 12.1 Å². The summed E-state index contributed by atoms with van der Waals surface area (Å²) in [6.45, 7) is 5.46. The third kappa shape index (κ3) is 1.56. The van der Waals surface area contributed by atoms with Gasteiger partial charge >= 0.3 is 0 Å². The maximum absolute atomic E-state index is 2.26. The van der Waals surface area contributed by atoms with Crippen molar-refractivity contribution in [2.24, 2.45) is 0 Å². The van der Waals surface area contributed by atoms with Crippen LogP contribution >= 0.6 is 0 Å². The fourth-order valence-corrected chi connectivity index (χ4v) is 1.05. The lowest BCUT2D eigenvalue weighted by Gasteiger charge is -1.95. The standard InChI is InChI=1S/C9H14N/c1-3-7-10-8-5-4-6-9(10)2/h4-6,8H,3,7H2,1-2H3/q+1. The maximum Gasteiger partial charge on any atom is 0.178 e. The van der Waals surface area contributed by atoms with Gasteiger partial charge in [-0.25, -0.2) is 4.57 Å². The van der Waals surface area contributed by atoms with Crippen LogP contribution < -0.4 is 4.57 Å². The van der Waals surface area contributed by atoms with Gasteiger partial charge in [-0.05, 0) is 0 Å². The summed E-state index contributed by atoms with van der Waals surface area (Å²) in [7, 11) is 0. The third-order valence-corrected chi connectivity index (χ3v) is 1.63. The Morgan fingerprint density at radius 2 is 2.20 bits per heavy atom. The second-order valence-corrected chi connectivity index (χ2v) is 2.54. The quantitative estimate of drug-likeness (QED) is 0.545. The van der Waals surface area contributed by atoms with E-state index < -0.39 is 0 Å². The van der Waals surface area contributed by atoms with Gasteiger partial charge in [-0.1, -0.05) is 13.0 Å². The van der Waals surface area contributed by atoms with Crippen LogP contribution in [0.3, 0.4) is 0 Å². The minimum Gasteiger partial charge on any atom is -0.203 e. The molecule has 0 N–H and O–H groups in total. The summed E-state index contributed by atoms with van der Waals surface area (Å²) in [4.78, 5) is 0. The molecule has 0 bridgehead atoms. The Labute approximate surface area is 62.3 Å². The zero-order chi connectivity index (χ0) is 7.40. The van der Waals surface area contributed by atoms with Crippen molar-refractivity contribution in [3.8, 4) is 0 Å². The highest BCUT2D eigenvalue weighted by Crippen LogP contribution is 1.87. The summed E-state index contributed by atoms with van der Waals surface area (Å²) < 4.78 is 2.26. The maximum atomic E-state index is 2.26. The van der Waals surface area contributed by atoms with E-state index in [1.807, 2.05) is 0 Å². The Kier molecular flexibility index (Phi) is 2.43. The smallest absolute Gasteiger partial charge is 0.178 e. The second-order valence-electron chi connectivity index (χ2n) is 2.54. The van der Waals surface area contributed by atoms with Crippen LogP contribution in [0, 0.1) is 6.92 Å². The fourth-order valence-electron chi connectivity index (χ4n) is 1.05. The molecule has 0 aliphatic heterocycles. The van der Waals surface area contributed by atoms with Crippen molar-refractivity contribution in [1.82, 2.24) is 0 Å². The Morgan fingerprint density at radius 1 is 1.40 bits per heavy atom. The van der Waals surface area contributed by atoms with E-state index in [4.69, 9.17) is 0 Å². The molecule has 0 saturated heterocycles. The van der Waals surface area contributed by atoms with Crippen molar-refractivity contribution < 1.29 is 4.57 Å². The third-order valence-electron chi connectivity index (χ3n) is 1.63. The van der Waals surface area contributed by atoms with Gasteiger partial charge in [0.15, 0.2) is 11.9 Å². The number of pyridine rings is 1. The van der Waals surface area contributed by atoms with Crippen molar-refractivity contribution >= 4 is 0 Å². The predicted molar refractivity (Wildman–Crippen MR) is 41.7 cm³/mol. The minimum atomic E-state index is 1.13. The molecule has 54 valence electrons. The van der Waals surface area contributed by atoms with Crippen LogP contribution in [0.15, 0.2) is 24.4 Å². The van der Waals surface area contributed by atoms with Crippen LogP contribution in [0.1, 0.15) is 19.0 Å². The highest BCUT2D eigenvalue weighted by Gasteiger charge is 1.99. The van der Waals surface area contributed by atoms with E-state index in [9.17, 15) is 0 Å². The molecule has 1 heteroatoms. The number of rotatable bonds is 2. The van der Waals surface area contributed by atoms with E-state index in [1.54, 1.807) is 0 Å². The van der Waals surface area contributed by atoms with Crippen LogP contribution in [0.4, 0.5) is 0 Å². The predicted octanol–water partition coefficient (Wildman–Crippen LogP) is 1.69. The number of aromatic nitrogens is 1. The second kappa shape index (κ2) is 3.35. The molecule has 0 amide bonds. The van der Waals surface area contributed by atoms with Crippen LogP contribution in [0.25, 0.3) is 0 Å². The number of aryl methyl sites for hydroxylation is 2. The first-order valence-electron chi connectivity index (χ1n) is 3.79. The van der Waals surface area contributed by atoms with E-state index >= 15 is 0 Å². The minimum absolute atomic E-state index is 1.13. The first-order valence-corrected chi connectivity index (χ1v) is 3.79. The molecule has 0 unspecified atom stereocenters. The van der Waals surface area contributed by atoms with Crippen molar-refractivity contribution in [2.45, 2.75) is 26.8 Å². The molecule has 1 nitrogen and oxygen atoms in total. The average Bonchev–Trinajstić information content (AvgIpc) is 1.94. The highest BCUT2D eigenvalue weighted by atomic mass is 14.9. The Bertz CT molecular complexity index is 206. The van der Waals surface area contributed by atoms with E-state index in [0.717, 1.165) is 6.54 Å². The molecular weight excluding hydrogens is 122 g/mol. The molecule has 1 aromatic heterocycles. The van der Waals surface area contributed by atoms with Crippen LogP contribution in [-0.4, -0.2) is 0 Å². The van der Waals surface area contributed by atoms with Gasteiger partial charge in [0.1, 0.15) is 6.54 Å². The topological polar surface area (TPSA) is 3.88 Å². The number of nitrogens with zero attached hydrogens (tertiary/aromatic N) is 1. The van der Waals surface area contributed by atoms with Gasteiger partial charge in [0.2, 0.25) is 0 Å². The molecule has 1 heterocycles. The van der Waals surface area contributed by atoms with Crippen molar-refractivity contribution in [3.05, 3.63) is 30.1 Å². The average molecular weight is 136 g/mol. The molecule has 10 heavy (non-hydrogen) atoms. The number of hydrogen-bond acceptors (Lipinski definition) is 0. The first-order chi connectivity index (χ1) is 4.84. The normalized spacial score (nSPS) is 9.80. The Hall–Kier alpha value is -0.850. The van der Waals surface area contributed by atoms with E-state index in [-0.39, 0.29) is 0 Å². The summed E-state index contributed by atoms with van der Waals surface area (Å²) in [5.41, 5.74) is 1.34. The molecule has 0 radical (unpaired) electrons. The van der Waals surface area contributed by atoms with Gasteiger partial charge in [-0.3, -0.25) is 0 Å². The van der Waals surface area contributed by atoms with Crippen LogP contribution in [-0.2, 0) is 6.54 Å². The largest absolute Gasteiger partial charge is 0.203 e. The van der Waals surface area contributed by atoms with Crippen molar-refractivity contribution in [1.29, 1.82) is 0 Å². The lowest BCUT2D eigenvalue weighted by molar-refractivity contribution is -0.702.